The maximum Gasteiger partial charge on any atom is 0.416 e. The summed E-state index contributed by atoms with van der Waals surface area (Å²) in [6.45, 7) is 0. The van der Waals surface area contributed by atoms with Gasteiger partial charge in [0, 0.05) is 5.56 Å². The summed E-state index contributed by atoms with van der Waals surface area (Å²) in [5, 5.41) is 0. The normalized spacial score (nSPS) is 10.9. The molecule has 0 heterocycles. The van der Waals surface area contributed by atoms with E-state index in [9.17, 15) is 18.0 Å². The molecule has 0 aliphatic carbocycles. The topological polar surface area (TPSA) is 17.1 Å². The Hall–Kier alpha value is -2.02. The van der Waals surface area contributed by atoms with Gasteiger partial charge in [0.15, 0.2) is 0 Å². The number of rotatable bonds is 1. The van der Waals surface area contributed by atoms with Crippen LogP contribution in [0.1, 0.15) is 11.1 Å². The fourth-order valence-electron chi connectivity index (χ4n) is 0.986. The number of aldehydes is 1. The van der Waals surface area contributed by atoms with Crippen molar-refractivity contribution in [2.24, 2.45) is 0 Å². The predicted octanol–water partition coefficient (Wildman–Crippen LogP) is 2.81. The minimum absolute atomic E-state index is 0.255. The third-order valence-corrected chi connectivity index (χ3v) is 1.66. The van der Waals surface area contributed by atoms with Gasteiger partial charge in [0.05, 0.1) is 5.56 Å². The zero-order valence-corrected chi connectivity index (χ0v) is 8.08. The van der Waals surface area contributed by atoms with Crippen LogP contribution in [-0.4, -0.2) is 6.29 Å². The van der Waals surface area contributed by atoms with Crippen molar-refractivity contribution in [1.29, 1.82) is 0 Å². The average molecular weight is 224 g/mol. The molecule has 0 atom stereocenters. The van der Waals surface area contributed by atoms with Crippen LogP contribution in [0.15, 0.2) is 36.4 Å². The van der Waals surface area contributed by atoms with Crippen LogP contribution in [0.3, 0.4) is 0 Å². The molecule has 0 aromatic heterocycles. The molecule has 0 saturated carbocycles. The highest BCUT2D eigenvalue weighted by molar-refractivity contribution is 5.65. The Morgan fingerprint density at radius 3 is 2.62 bits per heavy atom. The number of alkyl halides is 3. The van der Waals surface area contributed by atoms with Crippen molar-refractivity contribution >= 4 is 6.29 Å². The van der Waals surface area contributed by atoms with E-state index in [-0.39, 0.29) is 5.56 Å². The molecular weight excluding hydrogens is 217 g/mol. The van der Waals surface area contributed by atoms with Crippen molar-refractivity contribution in [1.82, 2.24) is 0 Å². The zero-order valence-electron chi connectivity index (χ0n) is 8.08. The fraction of sp³-hybridized carbons (Fsp3) is 0.0833. The largest absolute Gasteiger partial charge is 0.416 e. The zero-order chi connectivity index (χ0) is 12.0. The molecule has 1 aromatic carbocycles. The highest BCUT2D eigenvalue weighted by atomic mass is 19.4. The lowest BCUT2D eigenvalue weighted by Crippen LogP contribution is -2.04. The minimum Gasteiger partial charge on any atom is -0.299 e. The van der Waals surface area contributed by atoms with Crippen molar-refractivity contribution in [3.8, 4) is 11.8 Å². The van der Waals surface area contributed by atoms with Gasteiger partial charge in [0.2, 0.25) is 0 Å². The molecule has 0 amide bonds. The van der Waals surface area contributed by atoms with Gasteiger partial charge < -0.3 is 0 Å². The Balaban J connectivity index is 2.94. The van der Waals surface area contributed by atoms with Crippen molar-refractivity contribution < 1.29 is 18.0 Å². The van der Waals surface area contributed by atoms with E-state index in [2.05, 4.69) is 11.8 Å². The van der Waals surface area contributed by atoms with Gasteiger partial charge in [-0.1, -0.05) is 17.9 Å². The van der Waals surface area contributed by atoms with E-state index >= 15 is 0 Å². The molecule has 0 aliphatic heterocycles. The predicted molar refractivity (Wildman–Crippen MR) is 53.5 cm³/mol. The fourth-order valence-corrected chi connectivity index (χ4v) is 0.986. The lowest BCUT2D eigenvalue weighted by molar-refractivity contribution is -0.137. The summed E-state index contributed by atoms with van der Waals surface area (Å²) in [5.41, 5.74) is -0.482. The highest BCUT2D eigenvalue weighted by Crippen LogP contribution is 2.29. The highest BCUT2D eigenvalue weighted by Gasteiger charge is 2.30. The summed E-state index contributed by atoms with van der Waals surface area (Å²) in [6.07, 6.45) is -1.38. The van der Waals surface area contributed by atoms with E-state index in [1.807, 2.05) is 0 Å². The van der Waals surface area contributed by atoms with Crippen molar-refractivity contribution in [3.63, 3.8) is 0 Å². The Labute approximate surface area is 90.6 Å². The Morgan fingerprint density at radius 2 is 2.00 bits per heavy atom. The Kier molecular flexibility index (Phi) is 3.90. The number of carbonyl (C=O) groups excluding carboxylic acids is 1. The average Bonchev–Trinajstić information content (AvgIpc) is 2.24. The Bertz CT molecular complexity index is 461. The maximum absolute atomic E-state index is 12.3. The maximum atomic E-state index is 12.3. The molecule has 1 aromatic rings. The SMILES string of the molecule is O=C/C=C\C#Cc1cccc(C(F)(F)F)c1. The van der Waals surface area contributed by atoms with E-state index in [4.69, 9.17) is 0 Å². The second-order valence-corrected chi connectivity index (χ2v) is 2.84. The van der Waals surface area contributed by atoms with Crippen LogP contribution < -0.4 is 0 Å². The summed E-state index contributed by atoms with van der Waals surface area (Å²) in [7, 11) is 0. The molecule has 16 heavy (non-hydrogen) atoms. The standard InChI is InChI=1S/C12H7F3O/c13-12(14,15)11-7-4-6-10(9-11)5-2-1-3-8-16/h1,3-4,6-9H/b3-1-. The first kappa shape index (κ1) is 12.1. The van der Waals surface area contributed by atoms with Gasteiger partial charge in [-0.25, -0.2) is 0 Å². The molecule has 0 radical (unpaired) electrons. The third kappa shape index (κ3) is 3.62. The van der Waals surface area contributed by atoms with Crippen LogP contribution in [0.4, 0.5) is 13.2 Å². The monoisotopic (exact) mass is 224 g/mol. The number of benzene rings is 1. The van der Waals surface area contributed by atoms with Gasteiger partial charge in [-0.2, -0.15) is 13.2 Å². The van der Waals surface area contributed by atoms with E-state index in [1.165, 1.54) is 24.3 Å². The first-order valence-electron chi connectivity index (χ1n) is 4.33. The summed E-state index contributed by atoms with van der Waals surface area (Å²) in [5.74, 6) is 4.95. The second kappa shape index (κ2) is 5.17. The van der Waals surface area contributed by atoms with E-state index in [0.29, 0.717) is 6.29 Å². The summed E-state index contributed by atoms with van der Waals surface area (Å²) < 4.78 is 36.9. The number of carbonyl (C=O) groups is 1. The number of halogens is 3. The smallest absolute Gasteiger partial charge is 0.299 e. The molecule has 0 saturated heterocycles. The molecule has 0 bridgehead atoms. The molecule has 0 fully saturated rings. The number of hydrogen-bond donors (Lipinski definition) is 0. The summed E-state index contributed by atoms with van der Waals surface area (Å²) in [4.78, 5) is 9.90. The lowest BCUT2D eigenvalue weighted by Gasteiger charge is -2.05. The van der Waals surface area contributed by atoms with Crippen LogP contribution in [0, 0.1) is 11.8 Å². The van der Waals surface area contributed by atoms with Gasteiger partial charge in [-0.15, -0.1) is 0 Å². The molecule has 0 unspecified atom stereocenters. The Morgan fingerprint density at radius 1 is 1.25 bits per heavy atom. The van der Waals surface area contributed by atoms with Crippen LogP contribution in [-0.2, 0) is 11.0 Å². The molecule has 1 nitrogen and oxygen atoms in total. The summed E-state index contributed by atoms with van der Waals surface area (Å²) >= 11 is 0. The van der Waals surface area contributed by atoms with Crippen molar-refractivity contribution in [3.05, 3.63) is 47.5 Å². The minimum atomic E-state index is -4.36. The van der Waals surface area contributed by atoms with Crippen LogP contribution in [0.2, 0.25) is 0 Å². The molecule has 4 heteroatoms. The third-order valence-electron chi connectivity index (χ3n) is 1.66. The number of hydrogen-bond acceptors (Lipinski definition) is 1. The molecule has 0 N–H and O–H groups in total. The van der Waals surface area contributed by atoms with Gasteiger partial charge in [0.25, 0.3) is 0 Å². The lowest BCUT2D eigenvalue weighted by atomic mass is 10.1. The molecule has 0 aliphatic rings. The van der Waals surface area contributed by atoms with Gasteiger partial charge in [-0.05, 0) is 30.4 Å². The first-order valence-corrected chi connectivity index (χ1v) is 4.33. The second-order valence-electron chi connectivity index (χ2n) is 2.84. The van der Waals surface area contributed by atoms with Gasteiger partial charge in [0.1, 0.15) is 6.29 Å². The molecule has 1 rings (SSSR count). The summed E-state index contributed by atoms with van der Waals surface area (Å²) in [6, 6.07) is 4.70. The van der Waals surface area contributed by atoms with E-state index in [1.54, 1.807) is 0 Å². The van der Waals surface area contributed by atoms with Gasteiger partial charge in [-0.3, -0.25) is 4.79 Å². The van der Waals surface area contributed by atoms with Crippen LogP contribution >= 0.6 is 0 Å². The van der Waals surface area contributed by atoms with Crippen molar-refractivity contribution in [2.75, 3.05) is 0 Å². The van der Waals surface area contributed by atoms with Gasteiger partial charge >= 0.3 is 6.18 Å². The van der Waals surface area contributed by atoms with Crippen molar-refractivity contribution in [2.45, 2.75) is 6.18 Å². The molecular formula is C12H7F3O. The number of allylic oxidation sites excluding steroid dienone is 2. The molecule has 0 spiro atoms. The quantitative estimate of drug-likeness (QED) is 0.407. The van der Waals surface area contributed by atoms with Crippen LogP contribution in [0.25, 0.3) is 0 Å². The molecule has 82 valence electrons. The van der Waals surface area contributed by atoms with E-state index in [0.717, 1.165) is 12.1 Å². The van der Waals surface area contributed by atoms with Crippen LogP contribution in [0.5, 0.6) is 0 Å². The van der Waals surface area contributed by atoms with E-state index < -0.39 is 11.7 Å². The first-order chi connectivity index (χ1) is 7.54.